The first-order valence-corrected chi connectivity index (χ1v) is 5.63. The van der Waals surface area contributed by atoms with Crippen molar-refractivity contribution in [1.29, 1.82) is 0 Å². The normalized spacial score (nSPS) is 13.3. The van der Waals surface area contributed by atoms with Crippen molar-refractivity contribution in [1.82, 2.24) is 10.2 Å². The van der Waals surface area contributed by atoms with Crippen LogP contribution in [0.25, 0.3) is 0 Å². The van der Waals surface area contributed by atoms with Gasteiger partial charge in [-0.25, -0.2) is 0 Å². The van der Waals surface area contributed by atoms with E-state index in [1.807, 2.05) is 19.4 Å². The van der Waals surface area contributed by atoms with Crippen LogP contribution in [0.3, 0.4) is 0 Å². The van der Waals surface area contributed by atoms with E-state index in [4.69, 9.17) is 4.42 Å². The van der Waals surface area contributed by atoms with Gasteiger partial charge in [-0.3, -0.25) is 4.90 Å². The molecule has 0 radical (unpaired) electrons. The molecular formula is C12H22N2O. The molecule has 0 aliphatic rings. The lowest BCUT2D eigenvalue weighted by molar-refractivity contribution is 0.217. The Kier molecular flexibility index (Phi) is 5.43. The van der Waals surface area contributed by atoms with E-state index in [1.54, 1.807) is 6.26 Å². The van der Waals surface area contributed by atoms with Crippen molar-refractivity contribution in [3.63, 3.8) is 0 Å². The Labute approximate surface area is 92.5 Å². The van der Waals surface area contributed by atoms with Crippen LogP contribution in [0.1, 0.15) is 25.3 Å². The molecule has 0 amide bonds. The molecule has 1 aromatic rings. The Balaban J connectivity index is 2.44. The standard InChI is InChI=1S/C12H22N2O/c1-4-5-12(8-13-2)14(3)9-11-6-7-15-10-11/h6-7,10,12-13H,4-5,8-9H2,1-3H3. The second-order valence-corrected chi connectivity index (χ2v) is 4.05. The molecule has 1 heterocycles. The second kappa shape index (κ2) is 6.64. The van der Waals surface area contributed by atoms with Gasteiger partial charge in [0, 0.05) is 24.7 Å². The molecule has 1 atom stereocenters. The number of rotatable bonds is 7. The Morgan fingerprint density at radius 2 is 2.33 bits per heavy atom. The van der Waals surface area contributed by atoms with Gasteiger partial charge in [0.1, 0.15) is 0 Å². The monoisotopic (exact) mass is 210 g/mol. The smallest absolute Gasteiger partial charge is 0.0947 e. The highest BCUT2D eigenvalue weighted by Crippen LogP contribution is 2.10. The van der Waals surface area contributed by atoms with Crippen LogP contribution in [0.15, 0.2) is 23.0 Å². The summed E-state index contributed by atoms with van der Waals surface area (Å²) in [6.45, 7) is 4.24. The maximum atomic E-state index is 5.07. The largest absolute Gasteiger partial charge is 0.472 e. The fraction of sp³-hybridized carbons (Fsp3) is 0.667. The Morgan fingerprint density at radius 3 is 2.87 bits per heavy atom. The van der Waals surface area contributed by atoms with Gasteiger partial charge in [-0.1, -0.05) is 13.3 Å². The van der Waals surface area contributed by atoms with Crippen LogP contribution in [-0.2, 0) is 6.54 Å². The SMILES string of the molecule is CCCC(CNC)N(C)Cc1ccoc1. The van der Waals surface area contributed by atoms with Crippen LogP contribution in [0.4, 0.5) is 0 Å². The minimum Gasteiger partial charge on any atom is -0.472 e. The zero-order valence-electron chi connectivity index (χ0n) is 9.99. The van der Waals surface area contributed by atoms with E-state index in [0.29, 0.717) is 6.04 Å². The topological polar surface area (TPSA) is 28.4 Å². The highest BCUT2D eigenvalue weighted by molar-refractivity contribution is 5.05. The summed E-state index contributed by atoms with van der Waals surface area (Å²) in [5.41, 5.74) is 1.25. The molecule has 0 aliphatic carbocycles. The van der Waals surface area contributed by atoms with E-state index >= 15 is 0 Å². The lowest BCUT2D eigenvalue weighted by atomic mass is 10.1. The van der Waals surface area contributed by atoms with Crippen molar-refractivity contribution in [3.8, 4) is 0 Å². The molecule has 0 saturated heterocycles. The second-order valence-electron chi connectivity index (χ2n) is 4.05. The molecule has 15 heavy (non-hydrogen) atoms. The lowest BCUT2D eigenvalue weighted by Crippen LogP contribution is -2.38. The number of furan rings is 1. The van der Waals surface area contributed by atoms with Crippen molar-refractivity contribution in [2.45, 2.75) is 32.4 Å². The van der Waals surface area contributed by atoms with Gasteiger partial charge < -0.3 is 9.73 Å². The first-order valence-electron chi connectivity index (χ1n) is 5.63. The minimum absolute atomic E-state index is 0.606. The highest BCUT2D eigenvalue weighted by Gasteiger charge is 2.13. The predicted octanol–water partition coefficient (Wildman–Crippen LogP) is 2.10. The quantitative estimate of drug-likeness (QED) is 0.747. The third kappa shape index (κ3) is 4.06. The molecule has 0 saturated carbocycles. The van der Waals surface area contributed by atoms with Gasteiger partial charge in [-0.15, -0.1) is 0 Å². The van der Waals surface area contributed by atoms with Gasteiger partial charge in [-0.2, -0.15) is 0 Å². The number of nitrogens with zero attached hydrogens (tertiary/aromatic N) is 1. The summed E-state index contributed by atoms with van der Waals surface area (Å²) in [5.74, 6) is 0. The number of nitrogens with one attached hydrogen (secondary N) is 1. The van der Waals surface area contributed by atoms with E-state index in [-0.39, 0.29) is 0 Å². The van der Waals surface area contributed by atoms with Crippen LogP contribution >= 0.6 is 0 Å². The summed E-state index contributed by atoms with van der Waals surface area (Å²) in [6, 6.07) is 2.63. The van der Waals surface area contributed by atoms with Gasteiger partial charge in [-0.05, 0) is 26.6 Å². The molecule has 0 fully saturated rings. The third-order valence-electron chi connectivity index (χ3n) is 2.70. The van der Waals surface area contributed by atoms with Gasteiger partial charge in [0.05, 0.1) is 12.5 Å². The first-order chi connectivity index (χ1) is 7.27. The fourth-order valence-electron chi connectivity index (χ4n) is 1.85. The lowest BCUT2D eigenvalue weighted by Gasteiger charge is -2.27. The number of hydrogen-bond acceptors (Lipinski definition) is 3. The zero-order valence-corrected chi connectivity index (χ0v) is 9.99. The van der Waals surface area contributed by atoms with Gasteiger partial charge >= 0.3 is 0 Å². The summed E-state index contributed by atoms with van der Waals surface area (Å²) in [6.07, 6.45) is 6.01. The van der Waals surface area contributed by atoms with E-state index in [1.165, 1.54) is 18.4 Å². The third-order valence-corrected chi connectivity index (χ3v) is 2.70. The average Bonchev–Trinajstić information content (AvgIpc) is 2.70. The number of hydrogen-bond donors (Lipinski definition) is 1. The van der Waals surface area contributed by atoms with Crippen LogP contribution < -0.4 is 5.32 Å². The summed E-state index contributed by atoms with van der Waals surface area (Å²) in [5, 5.41) is 3.25. The fourth-order valence-corrected chi connectivity index (χ4v) is 1.85. The summed E-state index contributed by atoms with van der Waals surface area (Å²) in [7, 11) is 4.18. The molecular weight excluding hydrogens is 188 g/mol. The summed E-state index contributed by atoms with van der Waals surface area (Å²) < 4.78 is 5.07. The molecule has 86 valence electrons. The van der Waals surface area contributed by atoms with Crippen molar-refractivity contribution in [2.75, 3.05) is 20.6 Å². The van der Waals surface area contributed by atoms with E-state index in [2.05, 4.69) is 24.2 Å². The van der Waals surface area contributed by atoms with Gasteiger partial charge in [0.25, 0.3) is 0 Å². The average molecular weight is 210 g/mol. The van der Waals surface area contributed by atoms with Crippen LogP contribution in [0.2, 0.25) is 0 Å². The molecule has 0 aliphatic heterocycles. The van der Waals surface area contributed by atoms with E-state index in [9.17, 15) is 0 Å². The van der Waals surface area contributed by atoms with Crippen molar-refractivity contribution >= 4 is 0 Å². The van der Waals surface area contributed by atoms with Crippen LogP contribution in [-0.4, -0.2) is 31.6 Å². The molecule has 3 nitrogen and oxygen atoms in total. The van der Waals surface area contributed by atoms with Gasteiger partial charge in [0.15, 0.2) is 0 Å². The Hall–Kier alpha value is -0.800. The summed E-state index contributed by atoms with van der Waals surface area (Å²) in [4.78, 5) is 2.38. The number of likely N-dealkylation sites (N-methyl/N-ethyl adjacent to an activating group) is 2. The molecule has 1 rings (SSSR count). The molecule has 0 spiro atoms. The van der Waals surface area contributed by atoms with E-state index < -0.39 is 0 Å². The maximum Gasteiger partial charge on any atom is 0.0947 e. The molecule has 0 bridgehead atoms. The van der Waals surface area contributed by atoms with E-state index in [0.717, 1.165) is 13.1 Å². The van der Waals surface area contributed by atoms with Crippen molar-refractivity contribution in [3.05, 3.63) is 24.2 Å². The molecule has 1 unspecified atom stereocenters. The van der Waals surface area contributed by atoms with Crippen molar-refractivity contribution < 1.29 is 4.42 Å². The van der Waals surface area contributed by atoms with Gasteiger partial charge in [0.2, 0.25) is 0 Å². The maximum absolute atomic E-state index is 5.07. The van der Waals surface area contributed by atoms with Crippen LogP contribution in [0.5, 0.6) is 0 Å². The first kappa shape index (κ1) is 12.3. The summed E-state index contributed by atoms with van der Waals surface area (Å²) >= 11 is 0. The molecule has 1 aromatic heterocycles. The minimum atomic E-state index is 0.606. The molecule has 0 aromatic carbocycles. The zero-order chi connectivity index (χ0) is 11.1. The van der Waals surface area contributed by atoms with Crippen molar-refractivity contribution in [2.24, 2.45) is 0 Å². The molecule has 1 N–H and O–H groups in total. The Morgan fingerprint density at radius 1 is 1.53 bits per heavy atom. The Bertz CT molecular complexity index is 240. The molecule has 3 heteroatoms. The highest BCUT2D eigenvalue weighted by atomic mass is 16.3. The van der Waals surface area contributed by atoms with Crippen LogP contribution in [0, 0.1) is 0 Å². The predicted molar refractivity (Wildman–Crippen MR) is 62.8 cm³/mol.